The quantitative estimate of drug-likeness (QED) is 0.496. The molecule has 34 heavy (non-hydrogen) atoms. The predicted octanol–water partition coefficient (Wildman–Crippen LogP) is 4.47. The maximum atomic E-state index is 14.1. The van der Waals surface area contributed by atoms with Crippen molar-refractivity contribution in [3.8, 4) is 0 Å². The minimum Gasteiger partial charge on any atom is -0.353 e. The molecule has 0 unspecified atom stereocenters. The number of benzene rings is 1. The van der Waals surface area contributed by atoms with E-state index in [4.69, 9.17) is 0 Å². The van der Waals surface area contributed by atoms with Gasteiger partial charge in [0.25, 0.3) is 5.91 Å². The van der Waals surface area contributed by atoms with Gasteiger partial charge in [0.15, 0.2) is 0 Å². The Morgan fingerprint density at radius 3 is 2.56 bits per heavy atom. The number of hydrogen-bond donors (Lipinski definition) is 0. The lowest BCUT2D eigenvalue weighted by Gasteiger charge is -2.32. The SMILES string of the molecule is CCCN1C(=O)N2[C@@H](c3cccs3)[C@@H](c3ccccc3)[C@@H]3CN(Cc4cccn4C)C[C@@]32C1=O. The van der Waals surface area contributed by atoms with Crippen molar-refractivity contribution in [1.82, 2.24) is 19.3 Å². The molecule has 4 atom stereocenters. The van der Waals surface area contributed by atoms with E-state index >= 15 is 0 Å². The molecule has 0 bridgehead atoms. The smallest absolute Gasteiger partial charge is 0.328 e. The second kappa shape index (κ2) is 8.10. The maximum absolute atomic E-state index is 14.1. The van der Waals surface area contributed by atoms with E-state index in [1.54, 1.807) is 11.3 Å². The van der Waals surface area contributed by atoms with Gasteiger partial charge < -0.3 is 4.57 Å². The first kappa shape index (κ1) is 21.6. The zero-order valence-corrected chi connectivity index (χ0v) is 20.4. The highest BCUT2D eigenvalue weighted by molar-refractivity contribution is 7.10. The van der Waals surface area contributed by atoms with Crippen molar-refractivity contribution < 1.29 is 9.59 Å². The molecule has 0 N–H and O–H groups in total. The minimum absolute atomic E-state index is 0.00119. The van der Waals surface area contributed by atoms with Gasteiger partial charge in [0.05, 0.1) is 6.04 Å². The van der Waals surface area contributed by atoms with Crippen LogP contribution in [-0.2, 0) is 18.4 Å². The Bertz CT molecular complexity index is 1210. The van der Waals surface area contributed by atoms with E-state index in [9.17, 15) is 9.59 Å². The number of aryl methyl sites for hydroxylation is 1. The van der Waals surface area contributed by atoms with Crippen molar-refractivity contribution in [2.75, 3.05) is 19.6 Å². The monoisotopic (exact) mass is 474 g/mol. The van der Waals surface area contributed by atoms with Gasteiger partial charge in [-0.25, -0.2) is 4.79 Å². The predicted molar refractivity (Wildman–Crippen MR) is 132 cm³/mol. The number of urea groups is 1. The summed E-state index contributed by atoms with van der Waals surface area (Å²) in [5.41, 5.74) is 1.62. The fourth-order valence-electron chi connectivity index (χ4n) is 6.60. The lowest BCUT2D eigenvalue weighted by Crippen LogP contribution is -2.51. The molecule has 0 aliphatic carbocycles. The van der Waals surface area contributed by atoms with Gasteiger partial charge in [-0.05, 0) is 35.6 Å². The summed E-state index contributed by atoms with van der Waals surface area (Å²) >= 11 is 1.69. The highest BCUT2D eigenvalue weighted by Gasteiger charge is 2.73. The largest absolute Gasteiger partial charge is 0.353 e. The molecule has 0 saturated carbocycles. The summed E-state index contributed by atoms with van der Waals surface area (Å²) in [6, 6.07) is 18.6. The van der Waals surface area contributed by atoms with E-state index in [0.29, 0.717) is 13.1 Å². The number of rotatable bonds is 6. The molecular weight excluding hydrogens is 444 g/mol. The maximum Gasteiger partial charge on any atom is 0.328 e. The van der Waals surface area contributed by atoms with Crippen molar-refractivity contribution >= 4 is 23.3 Å². The van der Waals surface area contributed by atoms with Crippen molar-refractivity contribution in [2.24, 2.45) is 13.0 Å². The Hall–Kier alpha value is -2.90. The van der Waals surface area contributed by atoms with Gasteiger partial charge in [-0.1, -0.05) is 43.3 Å². The number of aromatic nitrogens is 1. The van der Waals surface area contributed by atoms with Crippen LogP contribution < -0.4 is 0 Å². The molecule has 1 aromatic carbocycles. The molecular formula is C27H30N4O2S. The van der Waals surface area contributed by atoms with Gasteiger partial charge in [0, 0.05) is 61.8 Å². The zero-order valence-electron chi connectivity index (χ0n) is 19.6. The molecule has 3 fully saturated rings. The van der Waals surface area contributed by atoms with E-state index in [-0.39, 0.29) is 29.8 Å². The van der Waals surface area contributed by atoms with Crippen LogP contribution in [0.4, 0.5) is 4.79 Å². The second-order valence-electron chi connectivity index (χ2n) is 9.82. The van der Waals surface area contributed by atoms with Crippen LogP contribution in [0.25, 0.3) is 0 Å². The molecule has 7 heteroatoms. The van der Waals surface area contributed by atoms with Crippen LogP contribution in [0.5, 0.6) is 0 Å². The molecule has 3 aromatic rings. The molecule has 1 spiro atoms. The molecule has 2 aromatic heterocycles. The van der Waals surface area contributed by atoms with E-state index in [0.717, 1.165) is 24.4 Å². The first-order valence-electron chi connectivity index (χ1n) is 12.1. The number of likely N-dealkylation sites (tertiary alicyclic amines) is 1. The van der Waals surface area contributed by atoms with Crippen LogP contribution in [0.1, 0.15) is 41.4 Å². The third-order valence-corrected chi connectivity index (χ3v) is 8.91. The molecule has 6 rings (SSSR count). The zero-order chi connectivity index (χ0) is 23.4. The number of amides is 3. The van der Waals surface area contributed by atoms with Gasteiger partial charge >= 0.3 is 6.03 Å². The summed E-state index contributed by atoms with van der Waals surface area (Å²) in [5.74, 6) is 0.120. The van der Waals surface area contributed by atoms with Crippen molar-refractivity contribution in [1.29, 1.82) is 0 Å². The molecule has 176 valence electrons. The molecule has 3 aliphatic rings. The topological polar surface area (TPSA) is 48.8 Å². The molecule has 3 amide bonds. The van der Waals surface area contributed by atoms with E-state index in [1.807, 2.05) is 17.9 Å². The third kappa shape index (κ3) is 2.96. The minimum atomic E-state index is -0.813. The molecule has 3 aliphatic heterocycles. The number of imide groups is 1. The lowest BCUT2D eigenvalue weighted by atomic mass is 9.77. The summed E-state index contributed by atoms with van der Waals surface area (Å²) in [6.07, 6.45) is 2.83. The average Bonchev–Trinajstić information content (AvgIpc) is 3.63. The third-order valence-electron chi connectivity index (χ3n) is 7.97. The van der Waals surface area contributed by atoms with E-state index in [2.05, 4.69) is 76.6 Å². The molecule has 5 heterocycles. The normalized spacial score (nSPS) is 28.7. The van der Waals surface area contributed by atoms with Crippen LogP contribution in [-0.4, -0.2) is 56.4 Å². The standard InChI is InChI=1S/C27H30N4O2S/c1-3-13-30-25(32)27-18-29(16-20-11-7-14-28(20)2)17-21(27)23(19-9-5-4-6-10-19)24(31(27)26(30)33)22-12-8-15-34-22/h4-12,14-15,21,23-24H,3,13,16-18H2,1-2H3/t21-,23-,24-,27-/m0/s1. The summed E-state index contributed by atoms with van der Waals surface area (Å²) in [4.78, 5) is 35.1. The number of carbonyl (C=O) groups excluding carboxylic acids is 2. The Balaban J connectivity index is 1.48. The lowest BCUT2D eigenvalue weighted by molar-refractivity contribution is -0.133. The van der Waals surface area contributed by atoms with Gasteiger partial charge in [-0.3, -0.25) is 19.5 Å². The number of carbonyl (C=O) groups is 2. The Morgan fingerprint density at radius 2 is 1.88 bits per heavy atom. The molecule has 6 nitrogen and oxygen atoms in total. The summed E-state index contributed by atoms with van der Waals surface area (Å²) in [5, 5.41) is 2.08. The summed E-state index contributed by atoms with van der Waals surface area (Å²) in [7, 11) is 2.06. The van der Waals surface area contributed by atoms with Crippen LogP contribution in [0.2, 0.25) is 0 Å². The summed E-state index contributed by atoms with van der Waals surface area (Å²) in [6.45, 7) is 4.66. The number of thiophene rings is 1. The second-order valence-corrected chi connectivity index (χ2v) is 10.8. The first-order valence-corrected chi connectivity index (χ1v) is 13.0. The van der Waals surface area contributed by atoms with Crippen molar-refractivity contribution in [3.63, 3.8) is 0 Å². The van der Waals surface area contributed by atoms with Crippen LogP contribution in [0, 0.1) is 5.92 Å². The highest BCUT2D eigenvalue weighted by Crippen LogP contribution is 2.61. The van der Waals surface area contributed by atoms with Gasteiger partial charge in [0.1, 0.15) is 5.54 Å². The van der Waals surface area contributed by atoms with Crippen LogP contribution in [0.15, 0.2) is 66.2 Å². The average molecular weight is 475 g/mol. The molecule has 0 radical (unpaired) electrons. The number of nitrogens with zero attached hydrogens (tertiary/aromatic N) is 4. The van der Waals surface area contributed by atoms with E-state index in [1.165, 1.54) is 16.2 Å². The van der Waals surface area contributed by atoms with Crippen molar-refractivity contribution in [2.45, 2.75) is 37.4 Å². The van der Waals surface area contributed by atoms with E-state index < -0.39 is 5.54 Å². The molecule has 3 saturated heterocycles. The Morgan fingerprint density at radius 1 is 1.06 bits per heavy atom. The first-order chi connectivity index (χ1) is 16.6. The van der Waals surface area contributed by atoms with Crippen molar-refractivity contribution in [3.05, 3.63) is 82.3 Å². The van der Waals surface area contributed by atoms with Gasteiger partial charge in [-0.2, -0.15) is 0 Å². The Kier molecular flexibility index (Phi) is 5.15. The fraction of sp³-hybridized carbons (Fsp3) is 0.407. The van der Waals surface area contributed by atoms with Crippen LogP contribution >= 0.6 is 11.3 Å². The fourth-order valence-corrected chi connectivity index (χ4v) is 7.46. The van der Waals surface area contributed by atoms with Gasteiger partial charge in [-0.15, -0.1) is 11.3 Å². The highest BCUT2D eigenvalue weighted by atomic mass is 32.1. The van der Waals surface area contributed by atoms with Gasteiger partial charge in [0.2, 0.25) is 0 Å². The number of hydrogen-bond acceptors (Lipinski definition) is 4. The summed E-state index contributed by atoms with van der Waals surface area (Å²) < 4.78 is 2.14. The Labute approximate surface area is 204 Å². The van der Waals surface area contributed by atoms with Crippen LogP contribution in [0.3, 0.4) is 0 Å².